The van der Waals surface area contributed by atoms with Crippen molar-refractivity contribution < 1.29 is 28.8 Å². The van der Waals surface area contributed by atoms with Crippen molar-refractivity contribution in [1.82, 2.24) is 0 Å². The molecule has 2 unspecified atom stereocenters. The molecule has 0 aromatic heterocycles. The Morgan fingerprint density at radius 3 is 2.43 bits per heavy atom. The van der Waals surface area contributed by atoms with E-state index in [0.717, 1.165) is 12.8 Å². The number of carbonyl (C=O) groups excluding carboxylic acids is 1. The highest BCUT2D eigenvalue weighted by Crippen LogP contribution is 2.51. The number of ether oxygens (including phenoxy) is 4. The van der Waals surface area contributed by atoms with Crippen LogP contribution in [-0.4, -0.2) is 25.0 Å². The summed E-state index contributed by atoms with van der Waals surface area (Å²) in [6, 6.07) is 22.9. The van der Waals surface area contributed by atoms with E-state index in [2.05, 4.69) is 24.3 Å². The molecule has 6 heteroatoms. The second-order valence-corrected chi connectivity index (χ2v) is 9.95. The predicted molar refractivity (Wildman–Crippen MR) is 138 cm³/mol. The summed E-state index contributed by atoms with van der Waals surface area (Å²) in [5, 5.41) is 12.1. The summed E-state index contributed by atoms with van der Waals surface area (Å²) in [4.78, 5) is 13.5. The lowest BCUT2D eigenvalue weighted by atomic mass is 9.77. The molecular formula is C31H30O6. The first kappa shape index (κ1) is 23.6. The van der Waals surface area contributed by atoms with Crippen LogP contribution in [0.5, 0.6) is 17.2 Å². The number of esters is 1. The van der Waals surface area contributed by atoms with Gasteiger partial charge >= 0.3 is 5.97 Å². The molecule has 1 saturated carbocycles. The van der Waals surface area contributed by atoms with Gasteiger partial charge in [-0.3, -0.25) is 0 Å². The molecule has 3 aromatic rings. The first-order valence-electron chi connectivity index (χ1n) is 12.9. The molecule has 3 aromatic carbocycles. The van der Waals surface area contributed by atoms with Crippen molar-refractivity contribution in [3.63, 3.8) is 0 Å². The van der Waals surface area contributed by atoms with E-state index in [1.54, 1.807) is 43.5 Å². The van der Waals surface area contributed by atoms with Crippen LogP contribution < -0.4 is 14.2 Å². The van der Waals surface area contributed by atoms with Crippen molar-refractivity contribution in [2.45, 2.75) is 43.8 Å². The second-order valence-electron chi connectivity index (χ2n) is 9.95. The maximum Gasteiger partial charge on any atom is 0.341 e. The van der Waals surface area contributed by atoms with Gasteiger partial charge in [0.05, 0.1) is 12.7 Å². The maximum atomic E-state index is 13.5. The van der Waals surface area contributed by atoms with E-state index in [1.807, 2.05) is 12.1 Å². The fourth-order valence-electron chi connectivity index (χ4n) is 6.01. The second kappa shape index (κ2) is 9.60. The summed E-state index contributed by atoms with van der Waals surface area (Å²) in [5.74, 6) is 0.0337. The van der Waals surface area contributed by atoms with Gasteiger partial charge in [0.15, 0.2) is 11.5 Å². The molecular weight excluding hydrogens is 468 g/mol. The third-order valence-electron chi connectivity index (χ3n) is 7.92. The number of cyclic esters (lactones) is 1. The monoisotopic (exact) mass is 498 g/mol. The van der Waals surface area contributed by atoms with Crippen LogP contribution in [-0.2, 0) is 15.3 Å². The molecule has 37 heavy (non-hydrogen) atoms. The van der Waals surface area contributed by atoms with Gasteiger partial charge in [0.1, 0.15) is 5.75 Å². The Kier molecular flexibility index (Phi) is 6.13. The lowest BCUT2D eigenvalue weighted by Crippen LogP contribution is -2.30. The molecule has 0 radical (unpaired) electrons. The normalized spacial score (nSPS) is 21.8. The molecule has 6 nitrogen and oxygen atoms in total. The first-order chi connectivity index (χ1) is 18.1. The van der Waals surface area contributed by atoms with Gasteiger partial charge in [-0.25, -0.2) is 4.79 Å². The zero-order valence-electron chi connectivity index (χ0n) is 20.8. The van der Waals surface area contributed by atoms with Crippen LogP contribution in [0.25, 0.3) is 5.57 Å². The first-order valence-corrected chi connectivity index (χ1v) is 12.9. The molecule has 0 spiro atoms. The Labute approximate surface area is 216 Å². The highest BCUT2D eigenvalue weighted by Gasteiger charge is 2.49. The number of carbonyl (C=O) groups is 1. The lowest BCUT2D eigenvalue weighted by molar-refractivity contribution is -0.185. The maximum absolute atomic E-state index is 13.5. The average Bonchev–Trinajstić information content (AvgIpc) is 3.67. The molecule has 2 aliphatic heterocycles. The molecule has 2 atom stereocenters. The summed E-state index contributed by atoms with van der Waals surface area (Å²) < 4.78 is 22.2. The number of rotatable bonds is 7. The van der Waals surface area contributed by atoms with Crippen molar-refractivity contribution in [1.29, 1.82) is 0 Å². The van der Waals surface area contributed by atoms with Crippen molar-refractivity contribution in [3.8, 4) is 17.2 Å². The topological polar surface area (TPSA) is 74.2 Å². The summed E-state index contributed by atoms with van der Waals surface area (Å²) >= 11 is 0. The van der Waals surface area contributed by atoms with Crippen LogP contribution in [0.2, 0.25) is 0 Å². The number of benzene rings is 3. The van der Waals surface area contributed by atoms with E-state index in [1.165, 1.54) is 18.4 Å². The Morgan fingerprint density at radius 1 is 0.973 bits per heavy atom. The number of aliphatic hydroxyl groups is 1. The van der Waals surface area contributed by atoms with Gasteiger partial charge < -0.3 is 24.1 Å². The summed E-state index contributed by atoms with van der Waals surface area (Å²) in [7, 11) is 1.59. The molecule has 0 bridgehead atoms. The zero-order valence-corrected chi connectivity index (χ0v) is 20.8. The highest BCUT2D eigenvalue weighted by atomic mass is 16.7. The minimum Gasteiger partial charge on any atom is -0.497 e. The number of fused-ring (bicyclic) bond motifs is 1. The van der Waals surface area contributed by atoms with Crippen LogP contribution in [0.15, 0.2) is 78.4 Å². The Morgan fingerprint density at radius 2 is 1.70 bits per heavy atom. The zero-order chi connectivity index (χ0) is 25.4. The third-order valence-corrected chi connectivity index (χ3v) is 7.92. The number of hydrogen-bond donors (Lipinski definition) is 1. The molecule has 1 N–H and O–H groups in total. The van der Waals surface area contributed by atoms with Crippen molar-refractivity contribution in [2.24, 2.45) is 5.92 Å². The van der Waals surface area contributed by atoms with Gasteiger partial charge in [0.2, 0.25) is 6.79 Å². The van der Waals surface area contributed by atoms with Gasteiger partial charge in [-0.1, -0.05) is 49.2 Å². The van der Waals surface area contributed by atoms with Gasteiger partial charge in [-0.2, -0.15) is 0 Å². The van der Waals surface area contributed by atoms with E-state index in [4.69, 9.17) is 18.9 Å². The summed E-state index contributed by atoms with van der Waals surface area (Å²) in [6.45, 7) is 0.142. The van der Waals surface area contributed by atoms with Crippen LogP contribution in [0.1, 0.15) is 54.7 Å². The fourth-order valence-corrected chi connectivity index (χ4v) is 6.01. The van der Waals surface area contributed by atoms with E-state index in [9.17, 15) is 9.90 Å². The quantitative estimate of drug-likeness (QED) is 0.406. The van der Waals surface area contributed by atoms with E-state index in [-0.39, 0.29) is 12.7 Å². The molecule has 1 aliphatic carbocycles. The average molecular weight is 499 g/mol. The molecule has 190 valence electrons. The summed E-state index contributed by atoms with van der Waals surface area (Å²) in [5.41, 5.74) is 3.30. The number of methoxy groups -OCH3 is 1. The van der Waals surface area contributed by atoms with Gasteiger partial charge in [-0.05, 0) is 78.6 Å². The van der Waals surface area contributed by atoms with E-state index in [0.29, 0.717) is 51.9 Å². The number of hydrogen-bond acceptors (Lipinski definition) is 6. The van der Waals surface area contributed by atoms with Gasteiger partial charge in [-0.15, -0.1) is 0 Å². The minimum atomic E-state index is -1.89. The largest absolute Gasteiger partial charge is 0.497 e. The standard InChI is InChI=1S/C31H30O6/c1-34-24-14-12-23(13-15-24)31(33)26(18-25(21-9-5-6-10-21)20-7-3-2-4-8-20)29(30(32)37-31)22-11-16-27-28(17-22)36-19-35-27/h2-4,7-8,11-17,21,25,33H,5-6,9-10,18-19H2,1H3. The molecule has 0 amide bonds. The molecule has 0 saturated heterocycles. The lowest BCUT2D eigenvalue weighted by Gasteiger charge is -2.31. The summed E-state index contributed by atoms with van der Waals surface area (Å²) in [6.07, 6.45) is 5.14. The third kappa shape index (κ3) is 4.25. The predicted octanol–water partition coefficient (Wildman–Crippen LogP) is 5.94. The smallest absolute Gasteiger partial charge is 0.341 e. The Balaban J connectivity index is 1.50. The SMILES string of the molecule is COc1ccc(C2(O)OC(=O)C(c3ccc4c(c3)OCO4)=C2CC(c2ccccc2)C2CCCC2)cc1. The van der Waals surface area contributed by atoms with E-state index >= 15 is 0 Å². The van der Waals surface area contributed by atoms with Crippen LogP contribution in [0.4, 0.5) is 0 Å². The highest BCUT2D eigenvalue weighted by molar-refractivity contribution is 6.20. The Hall–Kier alpha value is -3.77. The molecule has 3 aliphatic rings. The Bertz CT molecular complexity index is 1320. The molecule has 1 fully saturated rings. The van der Waals surface area contributed by atoms with Crippen LogP contribution in [0, 0.1) is 5.92 Å². The molecule has 6 rings (SSSR count). The fraction of sp³-hybridized carbons (Fsp3) is 0.323. The minimum absolute atomic E-state index is 0.141. The van der Waals surface area contributed by atoms with Crippen molar-refractivity contribution in [3.05, 3.63) is 95.1 Å². The van der Waals surface area contributed by atoms with Crippen LogP contribution in [0.3, 0.4) is 0 Å². The molecule has 2 heterocycles. The van der Waals surface area contributed by atoms with Gasteiger partial charge in [0.25, 0.3) is 5.79 Å². The van der Waals surface area contributed by atoms with Crippen molar-refractivity contribution in [2.75, 3.05) is 13.9 Å². The van der Waals surface area contributed by atoms with Crippen molar-refractivity contribution >= 4 is 11.5 Å². The van der Waals surface area contributed by atoms with Gasteiger partial charge in [0, 0.05) is 11.1 Å². The van der Waals surface area contributed by atoms with Crippen LogP contribution >= 0.6 is 0 Å². The van der Waals surface area contributed by atoms with E-state index < -0.39 is 11.8 Å².